The van der Waals surface area contributed by atoms with Gasteiger partial charge in [-0.1, -0.05) is 0 Å². The van der Waals surface area contributed by atoms with Gasteiger partial charge in [-0.2, -0.15) is 0 Å². The number of fused-ring (bicyclic) bond motifs is 2. The molecule has 0 aliphatic carbocycles. The number of anilines is 2. The summed E-state index contributed by atoms with van der Waals surface area (Å²) in [6.07, 6.45) is -2.11. The smallest absolute Gasteiger partial charge is 0.420 e. The number of nitrogens with zero attached hydrogens (tertiary/aromatic N) is 3. The van der Waals surface area contributed by atoms with Gasteiger partial charge in [0.1, 0.15) is 42.3 Å². The summed E-state index contributed by atoms with van der Waals surface area (Å²) in [6.45, 7) is 4.36. The molecule has 1 fully saturated rings. The first-order valence-corrected chi connectivity index (χ1v) is 18.7. The van der Waals surface area contributed by atoms with Gasteiger partial charge in [0.2, 0.25) is 0 Å². The monoisotopic (exact) mass is 807 g/mol. The first-order valence-electron chi connectivity index (χ1n) is 18.7. The van der Waals surface area contributed by atoms with Crippen molar-refractivity contribution in [3.8, 4) is 34.5 Å². The maximum Gasteiger partial charge on any atom is 0.420 e. The predicted octanol–water partition coefficient (Wildman–Crippen LogP) is 5.92. The number of hydrogen-bond acceptors (Lipinski definition) is 13. The molecule has 7 rings (SSSR count). The average molecular weight is 808 g/mol. The van der Waals surface area contributed by atoms with E-state index in [1.165, 1.54) is 15.9 Å². The molecule has 0 radical (unpaired) electrons. The van der Waals surface area contributed by atoms with Crippen molar-refractivity contribution in [2.45, 2.75) is 19.2 Å². The third-order valence-corrected chi connectivity index (χ3v) is 9.68. The third kappa shape index (κ3) is 9.52. The van der Waals surface area contributed by atoms with E-state index in [0.29, 0.717) is 93.3 Å². The van der Waals surface area contributed by atoms with Crippen LogP contribution in [0.4, 0.5) is 29.7 Å². The lowest BCUT2D eigenvalue weighted by Gasteiger charge is -2.36. The van der Waals surface area contributed by atoms with E-state index in [1.54, 1.807) is 55.6 Å². The van der Waals surface area contributed by atoms with Crippen LogP contribution < -0.4 is 28.7 Å². The van der Waals surface area contributed by atoms with E-state index in [4.69, 9.17) is 37.9 Å². The highest BCUT2D eigenvalue weighted by atomic mass is 19.1. The van der Waals surface area contributed by atoms with E-state index in [1.807, 2.05) is 0 Å². The van der Waals surface area contributed by atoms with Gasteiger partial charge < -0.3 is 48.1 Å². The van der Waals surface area contributed by atoms with Crippen LogP contribution in [0.1, 0.15) is 22.8 Å². The van der Waals surface area contributed by atoms with Crippen LogP contribution in [0.5, 0.6) is 34.5 Å². The van der Waals surface area contributed by atoms with Crippen LogP contribution >= 0.6 is 0 Å². The number of aromatic hydroxyl groups is 2. The van der Waals surface area contributed by atoms with Crippen molar-refractivity contribution < 1.29 is 66.5 Å². The Morgan fingerprint density at radius 3 is 1.97 bits per heavy atom. The van der Waals surface area contributed by atoms with Gasteiger partial charge >= 0.3 is 12.2 Å². The number of benzene rings is 4. The molecule has 0 aromatic heterocycles. The summed E-state index contributed by atoms with van der Waals surface area (Å²) < 4.78 is 73.6. The quantitative estimate of drug-likeness (QED) is 0.121. The Hall–Kier alpha value is -5.72. The van der Waals surface area contributed by atoms with E-state index in [0.717, 1.165) is 12.1 Å². The molecule has 4 aromatic rings. The summed E-state index contributed by atoms with van der Waals surface area (Å²) in [5.41, 5.74) is 1.93. The fourth-order valence-corrected chi connectivity index (χ4v) is 6.69. The molecule has 0 bridgehead atoms. The maximum absolute atomic E-state index is 15.2. The van der Waals surface area contributed by atoms with Gasteiger partial charge in [0, 0.05) is 55.3 Å². The molecule has 1 atom stereocenters. The van der Waals surface area contributed by atoms with Crippen LogP contribution in [0.25, 0.3) is 0 Å². The fourth-order valence-electron chi connectivity index (χ4n) is 6.69. The van der Waals surface area contributed by atoms with Crippen molar-refractivity contribution in [3.05, 3.63) is 95.1 Å². The van der Waals surface area contributed by atoms with Crippen molar-refractivity contribution in [1.29, 1.82) is 0 Å². The van der Waals surface area contributed by atoms with Crippen LogP contribution in [-0.4, -0.2) is 107 Å². The van der Waals surface area contributed by atoms with Gasteiger partial charge in [-0.05, 0) is 60.7 Å². The number of carbonyl (C=O) groups is 2. The lowest BCUT2D eigenvalue weighted by atomic mass is 9.99. The molecule has 0 spiro atoms. The summed E-state index contributed by atoms with van der Waals surface area (Å²) in [5, 5.41) is 20.4. The molecule has 2 N–H and O–H groups in total. The summed E-state index contributed by atoms with van der Waals surface area (Å²) in [7, 11) is 1.60. The highest BCUT2D eigenvalue weighted by Gasteiger charge is 2.36. The highest BCUT2D eigenvalue weighted by Crippen LogP contribution is 2.44. The van der Waals surface area contributed by atoms with Crippen LogP contribution in [0.2, 0.25) is 0 Å². The summed E-state index contributed by atoms with van der Waals surface area (Å²) >= 11 is 0. The van der Waals surface area contributed by atoms with Crippen LogP contribution in [0.3, 0.4) is 0 Å². The van der Waals surface area contributed by atoms with Gasteiger partial charge in [0.15, 0.2) is 23.1 Å². The number of amides is 2. The first kappa shape index (κ1) is 40.5. The Balaban J connectivity index is 0.869. The average Bonchev–Trinajstić information content (AvgIpc) is 3.22. The number of phenolic OH excluding ortho intramolecular Hbond substituents is 2. The molecule has 4 aromatic carbocycles. The summed E-state index contributed by atoms with van der Waals surface area (Å²) in [4.78, 5) is 30.6. The predicted molar refractivity (Wildman–Crippen MR) is 203 cm³/mol. The van der Waals surface area contributed by atoms with Crippen LogP contribution in [-0.2, 0) is 32.0 Å². The van der Waals surface area contributed by atoms with Crippen LogP contribution in [0, 0.1) is 11.6 Å². The number of hydrogen-bond donors (Lipinski definition) is 2. The van der Waals surface area contributed by atoms with Crippen LogP contribution in [0.15, 0.2) is 66.7 Å². The Labute approximate surface area is 332 Å². The minimum atomic E-state index is -0.847. The Kier molecular flexibility index (Phi) is 13.0. The molecule has 3 aliphatic heterocycles. The number of carbonyl (C=O) groups excluding carboxylic acids is 2. The van der Waals surface area contributed by atoms with E-state index in [9.17, 15) is 24.2 Å². The van der Waals surface area contributed by atoms with Crippen molar-refractivity contribution in [1.82, 2.24) is 4.90 Å². The number of ether oxygens (including phenoxy) is 8. The first-order chi connectivity index (χ1) is 28.2. The second-order valence-electron chi connectivity index (χ2n) is 13.5. The lowest BCUT2D eigenvalue weighted by Crippen LogP contribution is -2.41. The number of rotatable bonds is 17. The Bertz CT molecular complexity index is 2070. The van der Waals surface area contributed by atoms with Gasteiger partial charge in [-0.15, -0.1) is 0 Å². The highest BCUT2D eigenvalue weighted by molar-refractivity contribution is 5.92. The normalized spacial score (nSPS) is 16.7. The van der Waals surface area contributed by atoms with E-state index >= 15 is 4.39 Å². The minimum absolute atomic E-state index is 0.0135. The third-order valence-electron chi connectivity index (χ3n) is 9.68. The molecule has 1 saturated heterocycles. The summed E-state index contributed by atoms with van der Waals surface area (Å²) in [5.74, 6) is -1.54. The Morgan fingerprint density at radius 2 is 1.31 bits per heavy atom. The molecule has 308 valence electrons. The zero-order chi connectivity index (χ0) is 40.6. The molecule has 3 heterocycles. The minimum Gasteiger partial charge on any atom is -0.505 e. The Morgan fingerprint density at radius 1 is 0.724 bits per heavy atom. The lowest BCUT2D eigenvalue weighted by molar-refractivity contribution is -0.0404. The number of phenols is 2. The zero-order valence-corrected chi connectivity index (χ0v) is 31.7. The van der Waals surface area contributed by atoms with Gasteiger partial charge in [0.05, 0.1) is 58.3 Å². The zero-order valence-electron chi connectivity index (χ0n) is 31.7. The standard InChI is InChI=1S/C41H43F2N3O12/c1-51-14-15-53-17-19-55-31-8-4-29(5-9-31)46-24-27-21-33(43)38(48)37(39(27)58-41(46)50)36-25-44(11-13-56-36)10-12-52-16-18-54-30-6-2-28(3-7-30)45-23-26-20-32(42)34(47)22-35(26)57-40(45)49/h2-9,20-22,36,47-48H,10-19,23-25H2,1H3. The molecular formula is C41H43F2N3O12. The van der Waals surface area contributed by atoms with E-state index in [-0.39, 0.29) is 43.4 Å². The van der Waals surface area contributed by atoms with Gasteiger partial charge in [0.25, 0.3) is 0 Å². The molecule has 58 heavy (non-hydrogen) atoms. The van der Waals surface area contributed by atoms with Crippen molar-refractivity contribution in [3.63, 3.8) is 0 Å². The molecule has 0 saturated carbocycles. The van der Waals surface area contributed by atoms with Crippen molar-refractivity contribution in [2.24, 2.45) is 0 Å². The SMILES string of the molecule is COCCOCCOc1ccc(N2Cc3cc(F)c(O)c(C4CN(CCOCCOc5ccc(N6Cc7cc(F)c(O)cc7OC6=O)cc5)CCO4)c3OC2=O)cc1. The topological polar surface area (TPSA) is 158 Å². The molecule has 15 nitrogen and oxygen atoms in total. The molecular weight excluding hydrogens is 764 g/mol. The second kappa shape index (κ2) is 18.7. The molecule has 1 unspecified atom stereocenters. The maximum atomic E-state index is 15.2. The van der Waals surface area contributed by atoms with E-state index in [2.05, 4.69) is 4.90 Å². The molecule has 17 heteroatoms. The number of methoxy groups -OCH3 is 1. The molecule has 3 aliphatic rings. The second-order valence-corrected chi connectivity index (χ2v) is 13.5. The van der Waals surface area contributed by atoms with Crippen molar-refractivity contribution in [2.75, 3.05) is 89.4 Å². The van der Waals surface area contributed by atoms with E-state index < -0.39 is 41.4 Å². The number of morpholine rings is 1. The van der Waals surface area contributed by atoms with Gasteiger partial charge in [-0.25, -0.2) is 18.4 Å². The largest absolute Gasteiger partial charge is 0.505 e. The summed E-state index contributed by atoms with van der Waals surface area (Å²) in [6, 6.07) is 17.0. The van der Waals surface area contributed by atoms with Gasteiger partial charge in [-0.3, -0.25) is 14.7 Å². The fraction of sp³-hybridized carbons (Fsp3) is 0.366. The molecule has 2 amide bonds. The number of halogens is 2. The van der Waals surface area contributed by atoms with Crippen molar-refractivity contribution >= 4 is 23.6 Å².